The van der Waals surface area contributed by atoms with E-state index in [0.717, 1.165) is 27.4 Å². The van der Waals surface area contributed by atoms with E-state index in [1.54, 1.807) is 0 Å². The Bertz CT molecular complexity index is 1070. The van der Waals surface area contributed by atoms with Crippen molar-refractivity contribution in [3.63, 3.8) is 0 Å². The molecule has 0 aliphatic heterocycles. The number of tetrazole rings is 1. The summed E-state index contributed by atoms with van der Waals surface area (Å²) in [5.74, 6) is 1.53. The molecule has 9 nitrogen and oxygen atoms in total. The van der Waals surface area contributed by atoms with Gasteiger partial charge >= 0.3 is 0 Å². The molecule has 0 amide bonds. The van der Waals surface area contributed by atoms with Gasteiger partial charge in [0.25, 0.3) is 5.56 Å². The highest BCUT2D eigenvalue weighted by Crippen LogP contribution is 2.20. The van der Waals surface area contributed by atoms with Crippen molar-refractivity contribution in [3.8, 4) is 5.75 Å². The number of rotatable bonds is 9. The van der Waals surface area contributed by atoms with Crippen LogP contribution in [0, 0.1) is 0 Å². The third-order valence-corrected chi connectivity index (χ3v) is 5.41. The number of pyridine rings is 1. The van der Waals surface area contributed by atoms with Crippen molar-refractivity contribution in [1.82, 2.24) is 25.2 Å². The van der Waals surface area contributed by atoms with Gasteiger partial charge in [0, 0.05) is 23.9 Å². The number of aliphatic hydroxyl groups is 1. The molecule has 0 saturated heterocycles. The molecular weight excluding hydrogens is 396 g/mol. The highest BCUT2D eigenvalue weighted by atomic mass is 16.5. The summed E-state index contributed by atoms with van der Waals surface area (Å²) in [6.45, 7) is 12.0. The Morgan fingerprint density at radius 3 is 2.74 bits per heavy atom. The van der Waals surface area contributed by atoms with E-state index in [4.69, 9.17) is 4.74 Å². The van der Waals surface area contributed by atoms with E-state index >= 15 is 0 Å². The lowest BCUT2D eigenvalue weighted by Crippen LogP contribution is -3.11. The Morgan fingerprint density at radius 1 is 1.29 bits per heavy atom. The Morgan fingerprint density at radius 2 is 2.06 bits per heavy atom. The molecule has 168 valence electrons. The van der Waals surface area contributed by atoms with Gasteiger partial charge < -0.3 is 19.7 Å². The van der Waals surface area contributed by atoms with Crippen LogP contribution in [-0.4, -0.2) is 50.1 Å². The minimum Gasteiger partial charge on any atom is -0.494 e. The molecule has 0 saturated carbocycles. The van der Waals surface area contributed by atoms with Crippen LogP contribution in [0.4, 0.5) is 0 Å². The Kier molecular flexibility index (Phi) is 7.07. The molecule has 0 aliphatic carbocycles. The van der Waals surface area contributed by atoms with E-state index < -0.39 is 0 Å². The van der Waals surface area contributed by atoms with Gasteiger partial charge in [0.05, 0.1) is 24.3 Å². The van der Waals surface area contributed by atoms with Gasteiger partial charge in [-0.05, 0) is 69.3 Å². The smallest absolute Gasteiger partial charge is 0.257 e. The second kappa shape index (κ2) is 9.57. The molecule has 0 spiro atoms. The number of aromatic amines is 1. The molecule has 0 fully saturated rings. The molecule has 1 aromatic carbocycles. The summed E-state index contributed by atoms with van der Waals surface area (Å²) >= 11 is 0. The van der Waals surface area contributed by atoms with Crippen LogP contribution in [-0.2, 0) is 12.1 Å². The first-order valence-corrected chi connectivity index (χ1v) is 10.8. The molecule has 0 bridgehead atoms. The number of aliphatic hydroxyl groups excluding tert-OH is 1. The average molecular weight is 430 g/mol. The van der Waals surface area contributed by atoms with Crippen molar-refractivity contribution in [1.29, 1.82) is 0 Å². The maximum absolute atomic E-state index is 12.8. The zero-order chi connectivity index (χ0) is 22.6. The van der Waals surface area contributed by atoms with E-state index in [0.29, 0.717) is 31.7 Å². The monoisotopic (exact) mass is 429 g/mol. The molecule has 0 aliphatic rings. The summed E-state index contributed by atoms with van der Waals surface area (Å²) in [7, 11) is 0. The molecule has 3 rings (SSSR count). The van der Waals surface area contributed by atoms with Crippen LogP contribution in [0.5, 0.6) is 5.75 Å². The van der Waals surface area contributed by atoms with Crippen LogP contribution in [0.15, 0.2) is 29.1 Å². The lowest BCUT2D eigenvalue weighted by atomic mass is 10.1. The Labute approximate surface area is 182 Å². The number of nitrogens with one attached hydrogen (secondary N) is 2. The van der Waals surface area contributed by atoms with Gasteiger partial charge in [-0.1, -0.05) is 0 Å². The fourth-order valence-electron chi connectivity index (χ4n) is 3.75. The van der Waals surface area contributed by atoms with Crippen molar-refractivity contribution in [2.75, 3.05) is 19.8 Å². The number of benzene rings is 1. The zero-order valence-corrected chi connectivity index (χ0v) is 19.0. The second-order valence-corrected chi connectivity index (χ2v) is 8.81. The summed E-state index contributed by atoms with van der Waals surface area (Å²) in [6, 6.07) is 7.52. The quantitative estimate of drug-likeness (QED) is 0.471. The second-order valence-electron chi connectivity index (χ2n) is 8.81. The fourth-order valence-corrected chi connectivity index (χ4v) is 3.75. The average Bonchev–Trinajstić information content (AvgIpc) is 3.22. The van der Waals surface area contributed by atoms with Gasteiger partial charge in [-0.15, -0.1) is 5.10 Å². The molecule has 2 aromatic heterocycles. The first-order chi connectivity index (χ1) is 14.7. The first-order valence-electron chi connectivity index (χ1n) is 10.8. The van der Waals surface area contributed by atoms with Crippen LogP contribution >= 0.6 is 0 Å². The minimum absolute atomic E-state index is 0.0642. The van der Waals surface area contributed by atoms with Crippen molar-refractivity contribution in [2.24, 2.45) is 0 Å². The highest BCUT2D eigenvalue weighted by Gasteiger charge is 2.30. The fraction of sp³-hybridized carbons (Fsp3) is 0.545. The number of quaternary nitrogens is 1. The molecular formula is C22H33N6O3+. The van der Waals surface area contributed by atoms with Crippen LogP contribution < -0.4 is 15.2 Å². The van der Waals surface area contributed by atoms with Gasteiger partial charge in [-0.2, -0.15) is 0 Å². The standard InChI is InChI=1S/C22H32N6O3/c1-6-31-18-8-9-19-16(13-18)12-17(21(30)23-19)14-27(10-7-11-29)15(2)20-24-25-26-28(20)22(3,4)5/h8-9,12-13,15,29H,6-7,10-11,14H2,1-5H3,(H,23,30)/p+1/t15-/m1/s1. The number of nitrogens with zero attached hydrogens (tertiary/aromatic N) is 4. The topological polar surface area (TPSA) is 110 Å². The predicted octanol–water partition coefficient (Wildman–Crippen LogP) is 1.20. The third-order valence-electron chi connectivity index (χ3n) is 5.41. The zero-order valence-electron chi connectivity index (χ0n) is 19.0. The lowest BCUT2D eigenvalue weighted by molar-refractivity contribution is -0.944. The van der Waals surface area contributed by atoms with Crippen LogP contribution in [0.1, 0.15) is 58.5 Å². The van der Waals surface area contributed by atoms with Gasteiger partial charge in [-0.3, -0.25) is 4.79 Å². The number of hydrogen-bond donors (Lipinski definition) is 3. The normalized spacial score (nSPS) is 14.0. The summed E-state index contributed by atoms with van der Waals surface area (Å²) < 4.78 is 7.43. The third kappa shape index (κ3) is 5.29. The number of ether oxygens (including phenoxy) is 1. The molecule has 2 heterocycles. The molecule has 9 heteroatoms. The number of H-pyrrole nitrogens is 1. The number of aromatic nitrogens is 5. The van der Waals surface area contributed by atoms with Crippen molar-refractivity contribution in [3.05, 3.63) is 46.0 Å². The first kappa shape index (κ1) is 22.9. The van der Waals surface area contributed by atoms with Crippen molar-refractivity contribution < 1.29 is 14.7 Å². The highest BCUT2D eigenvalue weighted by molar-refractivity contribution is 5.80. The van der Waals surface area contributed by atoms with Crippen LogP contribution in [0.2, 0.25) is 0 Å². The Balaban J connectivity index is 1.95. The summed E-state index contributed by atoms with van der Waals surface area (Å²) in [5.41, 5.74) is 1.08. The predicted molar refractivity (Wildman–Crippen MR) is 118 cm³/mol. The summed E-state index contributed by atoms with van der Waals surface area (Å²) in [4.78, 5) is 16.9. The van der Waals surface area contributed by atoms with E-state index in [2.05, 4.69) is 48.2 Å². The molecule has 2 atom stereocenters. The Hall–Kier alpha value is -2.78. The van der Waals surface area contributed by atoms with E-state index in [1.807, 2.05) is 35.9 Å². The van der Waals surface area contributed by atoms with Gasteiger partial charge in [0.15, 0.2) is 0 Å². The number of fused-ring (bicyclic) bond motifs is 1. The maximum atomic E-state index is 12.8. The maximum Gasteiger partial charge on any atom is 0.257 e. The van der Waals surface area contributed by atoms with Crippen LogP contribution in [0.3, 0.4) is 0 Å². The number of hydrogen-bond acceptors (Lipinski definition) is 6. The molecule has 31 heavy (non-hydrogen) atoms. The van der Waals surface area contributed by atoms with Crippen LogP contribution in [0.25, 0.3) is 10.9 Å². The van der Waals surface area contributed by atoms with E-state index in [9.17, 15) is 9.90 Å². The van der Waals surface area contributed by atoms with E-state index in [1.165, 1.54) is 0 Å². The molecule has 1 unspecified atom stereocenters. The largest absolute Gasteiger partial charge is 0.494 e. The SMILES string of the molecule is CCOc1ccc2[nH]c(=O)c(C[NH+](CCCO)[C@H](C)c3nnnn3C(C)(C)C)cc2c1. The van der Waals surface area contributed by atoms with E-state index in [-0.39, 0.29) is 23.7 Å². The van der Waals surface area contributed by atoms with Crippen molar-refractivity contribution >= 4 is 10.9 Å². The molecule has 0 radical (unpaired) electrons. The lowest BCUT2D eigenvalue weighted by Gasteiger charge is -2.28. The van der Waals surface area contributed by atoms with Gasteiger partial charge in [0.1, 0.15) is 18.3 Å². The molecule has 3 aromatic rings. The van der Waals surface area contributed by atoms with Gasteiger partial charge in [-0.25, -0.2) is 4.68 Å². The summed E-state index contributed by atoms with van der Waals surface area (Å²) in [6.07, 6.45) is 0.622. The molecule has 3 N–H and O–H groups in total. The van der Waals surface area contributed by atoms with Crippen molar-refractivity contribution in [2.45, 2.75) is 59.2 Å². The minimum atomic E-state index is -0.259. The summed E-state index contributed by atoms with van der Waals surface area (Å²) in [5, 5.41) is 22.7. The van der Waals surface area contributed by atoms with Gasteiger partial charge in [0.2, 0.25) is 5.82 Å².